The maximum Gasteiger partial charge on any atom is 0.160 e. The Balaban J connectivity index is 2.15. The molecule has 0 unspecified atom stereocenters. The third-order valence-electron chi connectivity index (χ3n) is 1.94. The molecule has 1 radical (unpaired) electrons. The molecule has 0 N–H and O–H groups in total. The minimum absolute atomic E-state index is 0.677. The number of benzene rings is 1. The van der Waals surface area contributed by atoms with Gasteiger partial charge in [-0.25, -0.2) is 0 Å². The maximum absolute atomic E-state index is 10.5. The van der Waals surface area contributed by atoms with Gasteiger partial charge < -0.3 is 0 Å². The van der Waals surface area contributed by atoms with Crippen molar-refractivity contribution in [2.45, 2.75) is 6.42 Å². The van der Waals surface area contributed by atoms with Crippen molar-refractivity contribution < 1.29 is 4.79 Å². The molecular weight excluding hydrogens is 192 g/mol. The van der Waals surface area contributed by atoms with E-state index in [1.807, 2.05) is 24.3 Å². The molecule has 2 rings (SSSR count). The Morgan fingerprint density at radius 3 is 2.71 bits per heavy atom. The van der Waals surface area contributed by atoms with Crippen molar-refractivity contribution in [2.75, 3.05) is 0 Å². The van der Waals surface area contributed by atoms with E-state index >= 15 is 0 Å². The van der Waals surface area contributed by atoms with Crippen molar-refractivity contribution in [1.82, 2.24) is 0 Å². The van der Waals surface area contributed by atoms with Crippen LogP contribution in [0.1, 0.15) is 20.1 Å². The summed E-state index contributed by atoms with van der Waals surface area (Å²) in [4.78, 5) is 12.3. The van der Waals surface area contributed by atoms with Crippen molar-refractivity contribution in [3.05, 3.63) is 57.8 Å². The number of hydrogen-bond acceptors (Lipinski definition) is 2. The standard InChI is InChI=1S/C12H9OS/c13-9-12-7-6-11(14-12)8-10-4-2-1-3-5-10/h1-6,9H,8H2. The molecule has 0 aliphatic carbocycles. The van der Waals surface area contributed by atoms with E-state index in [0.29, 0.717) is 4.88 Å². The van der Waals surface area contributed by atoms with E-state index in [4.69, 9.17) is 0 Å². The molecule has 69 valence electrons. The summed E-state index contributed by atoms with van der Waals surface area (Å²) in [7, 11) is 0. The van der Waals surface area contributed by atoms with Gasteiger partial charge in [0.25, 0.3) is 0 Å². The highest BCUT2D eigenvalue weighted by molar-refractivity contribution is 7.13. The van der Waals surface area contributed by atoms with E-state index in [2.05, 4.69) is 18.2 Å². The molecule has 0 atom stereocenters. The van der Waals surface area contributed by atoms with Gasteiger partial charge in [-0.15, -0.1) is 11.3 Å². The van der Waals surface area contributed by atoms with Crippen molar-refractivity contribution in [3.8, 4) is 0 Å². The van der Waals surface area contributed by atoms with E-state index in [9.17, 15) is 4.79 Å². The monoisotopic (exact) mass is 201 g/mol. The molecule has 14 heavy (non-hydrogen) atoms. The van der Waals surface area contributed by atoms with Crippen LogP contribution >= 0.6 is 11.3 Å². The van der Waals surface area contributed by atoms with Crippen LogP contribution in [0.3, 0.4) is 0 Å². The third-order valence-corrected chi connectivity index (χ3v) is 2.90. The van der Waals surface area contributed by atoms with Crippen molar-refractivity contribution >= 4 is 17.6 Å². The van der Waals surface area contributed by atoms with Gasteiger partial charge in [0.05, 0.1) is 4.88 Å². The largest absolute Gasteiger partial charge is 0.297 e. The second-order valence-corrected chi connectivity index (χ2v) is 4.17. The van der Waals surface area contributed by atoms with E-state index in [0.717, 1.165) is 12.7 Å². The minimum atomic E-state index is 0.677. The fraction of sp³-hybridized carbons (Fsp3) is 0.0833. The van der Waals surface area contributed by atoms with Gasteiger partial charge in [0, 0.05) is 17.4 Å². The van der Waals surface area contributed by atoms with Crippen LogP contribution in [0.5, 0.6) is 0 Å². The SMILES string of the molecule is O=Cc1[c]cc(Cc2ccccc2)s1. The number of rotatable bonds is 3. The van der Waals surface area contributed by atoms with Crippen LogP contribution in [0.4, 0.5) is 0 Å². The Morgan fingerprint density at radius 2 is 2.07 bits per heavy atom. The summed E-state index contributed by atoms with van der Waals surface area (Å²) in [6.45, 7) is 0. The summed E-state index contributed by atoms with van der Waals surface area (Å²) < 4.78 is 0. The first-order valence-electron chi connectivity index (χ1n) is 4.38. The van der Waals surface area contributed by atoms with Crippen molar-refractivity contribution in [1.29, 1.82) is 0 Å². The van der Waals surface area contributed by atoms with Gasteiger partial charge in [-0.05, 0) is 11.6 Å². The number of thiophene rings is 1. The van der Waals surface area contributed by atoms with Crippen LogP contribution in [0.2, 0.25) is 0 Å². The lowest BCUT2D eigenvalue weighted by molar-refractivity contribution is 0.112. The van der Waals surface area contributed by atoms with Crippen LogP contribution in [-0.4, -0.2) is 6.29 Å². The Hall–Kier alpha value is -1.41. The van der Waals surface area contributed by atoms with Gasteiger partial charge in [0.15, 0.2) is 6.29 Å². The fourth-order valence-electron chi connectivity index (χ4n) is 1.29. The molecule has 0 fully saturated rings. The molecule has 1 heterocycles. The Morgan fingerprint density at radius 1 is 1.29 bits per heavy atom. The lowest BCUT2D eigenvalue weighted by atomic mass is 10.1. The first-order chi connectivity index (χ1) is 6.88. The molecule has 1 aromatic heterocycles. The van der Waals surface area contributed by atoms with Crippen molar-refractivity contribution in [2.24, 2.45) is 0 Å². The molecule has 0 amide bonds. The highest BCUT2D eigenvalue weighted by Crippen LogP contribution is 2.17. The van der Waals surface area contributed by atoms with Gasteiger partial charge in [0.2, 0.25) is 0 Å². The maximum atomic E-state index is 10.5. The molecule has 2 aromatic rings. The lowest BCUT2D eigenvalue weighted by Gasteiger charge is -1.96. The van der Waals surface area contributed by atoms with Crippen LogP contribution < -0.4 is 0 Å². The zero-order valence-corrected chi connectivity index (χ0v) is 8.38. The molecule has 0 bridgehead atoms. The van der Waals surface area contributed by atoms with E-state index < -0.39 is 0 Å². The second kappa shape index (κ2) is 4.20. The van der Waals surface area contributed by atoms with Crippen LogP contribution in [0.15, 0.2) is 36.4 Å². The summed E-state index contributed by atoms with van der Waals surface area (Å²) in [6, 6.07) is 15.0. The van der Waals surface area contributed by atoms with E-state index in [-0.39, 0.29) is 0 Å². The summed E-state index contributed by atoms with van der Waals surface area (Å²) in [5.41, 5.74) is 1.26. The molecule has 0 saturated carbocycles. The zero-order chi connectivity index (χ0) is 9.80. The highest BCUT2D eigenvalue weighted by atomic mass is 32.1. The van der Waals surface area contributed by atoms with E-state index in [1.165, 1.54) is 21.8 Å². The van der Waals surface area contributed by atoms with Crippen LogP contribution in [0.25, 0.3) is 0 Å². The quantitative estimate of drug-likeness (QED) is 0.698. The summed E-state index contributed by atoms with van der Waals surface area (Å²) in [5, 5.41) is 0. The van der Waals surface area contributed by atoms with Gasteiger partial charge in [-0.3, -0.25) is 4.79 Å². The lowest BCUT2D eigenvalue weighted by Crippen LogP contribution is -1.81. The normalized spacial score (nSPS) is 10.0. The number of hydrogen-bond donors (Lipinski definition) is 0. The minimum Gasteiger partial charge on any atom is -0.297 e. The summed E-state index contributed by atoms with van der Waals surface area (Å²) in [6.07, 6.45) is 1.73. The first kappa shape index (κ1) is 9.16. The van der Waals surface area contributed by atoms with Gasteiger partial charge in [0.1, 0.15) is 0 Å². The average molecular weight is 201 g/mol. The zero-order valence-electron chi connectivity index (χ0n) is 7.57. The summed E-state index contributed by atoms with van der Waals surface area (Å²) >= 11 is 1.50. The molecule has 0 aliphatic rings. The Labute approximate surface area is 87.0 Å². The molecule has 0 saturated heterocycles. The predicted octanol–water partition coefficient (Wildman–Crippen LogP) is 2.95. The third kappa shape index (κ3) is 2.09. The number of aldehydes is 1. The van der Waals surface area contributed by atoms with Crippen LogP contribution in [-0.2, 0) is 6.42 Å². The number of carbonyl (C=O) groups is 1. The first-order valence-corrected chi connectivity index (χ1v) is 5.19. The van der Waals surface area contributed by atoms with Crippen LogP contribution in [0, 0.1) is 6.07 Å². The van der Waals surface area contributed by atoms with Gasteiger partial charge in [-0.2, -0.15) is 0 Å². The average Bonchev–Trinajstić information content (AvgIpc) is 2.67. The molecule has 1 aromatic carbocycles. The molecule has 2 heteroatoms. The van der Waals surface area contributed by atoms with Gasteiger partial charge in [-0.1, -0.05) is 30.3 Å². The molecule has 0 spiro atoms. The van der Waals surface area contributed by atoms with Crippen molar-refractivity contribution in [3.63, 3.8) is 0 Å². The molecular formula is C12H9OS. The van der Waals surface area contributed by atoms with E-state index in [1.54, 1.807) is 0 Å². The highest BCUT2D eigenvalue weighted by Gasteiger charge is 2.00. The Bertz CT molecular complexity index is 417. The molecule has 1 nitrogen and oxygen atoms in total. The summed E-state index contributed by atoms with van der Waals surface area (Å²) in [5.74, 6) is 0. The van der Waals surface area contributed by atoms with Gasteiger partial charge >= 0.3 is 0 Å². The predicted molar refractivity (Wildman–Crippen MR) is 57.8 cm³/mol. The second-order valence-electron chi connectivity index (χ2n) is 3.00. The fourth-order valence-corrected chi connectivity index (χ4v) is 2.10. The smallest absolute Gasteiger partial charge is 0.160 e. The molecule has 0 aliphatic heterocycles. The topological polar surface area (TPSA) is 17.1 Å². The Kier molecular flexibility index (Phi) is 2.75. The number of carbonyl (C=O) groups excluding carboxylic acids is 1.